The minimum absolute atomic E-state index is 0.0419. The Labute approximate surface area is 212 Å². The summed E-state index contributed by atoms with van der Waals surface area (Å²) in [5.74, 6) is -4.28. The molecule has 0 spiro atoms. The van der Waals surface area contributed by atoms with Gasteiger partial charge in [0.15, 0.2) is 17.3 Å². The maximum atomic E-state index is 15.5. The second-order valence-corrected chi connectivity index (χ2v) is 9.87. The van der Waals surface area contributed by atoms with Gasteiger partial charge in [-0.2, -0.15) is 5.10 Å². The number of hydrogen-bond donors (Lipinski definition) is 3. The molecule has 0 atom stereocenters. The van der Waals surface area contributed by atoms with Crippen LogP contribution in [0.3, 0.4) is 0 Å². The van der Waals surface area contributed by atoms with Gasteiger partial charge in [-0.05, 0) is 44.2 Å². The van der Waals surface area contributed by atoms with Gasteiger partial charge in [-0.15, -0.1) is 0 Å². The lowest BCUT2D eigenvalue weighted by Crippen LogP contribution is -2.16. The lowest BCUT2D eigenvalue weighted by Gasteiger charge is -2.14. The highest BCUT2D eigenvalue weighted by Gasteiger charge is 2.26. The minimum atomic E-state index is -4.31. The van der Waals surface area contributed by atoms with Gasteiger partial charge < -0.3 is 9.84 Å². The molecule has 38 heavy (non-hydrogen) atoms. The van der Waals surface area contributed by atoms with Crippen LogP contribution in [0.1, 0.15) is 21.9 Å². The molecule has 0 saturated carbocycles. The molecule has 14 heteroatoms. The van der Waals surface area contributed by atoms with Gasteiger partial charge in [0.05, 0.1) is 23.1 Å². The second kappa shape index (κ2) is 9.30. The number of sulfonamides is 1. The molecule has 2 aromatic carbocycles. The molecule has 0 aliphatic rings. The van der Waals surface area contributed by atoms with E-state index in [1.807, 2.05) is 0 Å². The van der Waals surface area contributed by atoms with E-state index < -0.39 is 50.2 Å². The Kier molecular flexibility index (Phi) is 6.11. The van der Waals surface area contributed by atoms with E-state index >= 15 is 8.78 Å². The van der Waals surface area contributed by atoms with Gasteiger partial charge in [-0.3, -0.25) is 19.6 Å². The number of benzene rings is 2. The Morgan fingerprint density at radius 2 is 1.82 bits per heavy atom. The number of H-pyrrole nitrogens is 1. The van der Waals surface area contributed by atoms with Crippen molar-refractivity contribution in [1.82, 2.24) is 20.3 Å². The van der Waals surface area contributed by atoms with Crippen molar-refractivity contribution in [3.8, 4) is 11.1 Å². The highest BCUT2D eigenvalue weighted by molar-refractivity contribution is 7.92. The Balaban J connectivity index is 1.54. The van der Waals surface area contributed by atoms with Gasteiger partial charge in [-0.1, -0.05) is 11.2 Å². The molecule has 0 bridgehead atoms. The molecule has 3 heterocycles. The van der Waals surface area contributed by atoms with E-state index in [9.17, 15) is 17.6 Å². The quantitative estimate of drug-likeness (QED) is 0.282. The largest absolute Gasteiger partial charge is 0.363 e. The molecule has 3 aromatic heterocycles. The molecule has 0 fully saturated rings. The van der Waals surface area contributed by atoms with E-state index in [2.05, 4.69) is 34.9 Å². The zero-order chi connectivity index (χ0) is 27.2. The number of rotatable bonds is 6. The van der Waals surface area contributed by atoms with Crippen LogP contribution >= 0.6 is 0 Å². The zero-order valence-electron chi connectivity index (χ0n) is 19.6. The SMILES string of the molecule is Cc1ccc(S(=O)(=O)Nc2ccc(F)c(-c3ccc4c(C(=O)Nc5cnoc5)n[nH]c4c3F)c2F)c(C)n1. The van der Waals surface area contributed by atoms with E-state index in [1.165, 1.54) is 37.6 Å². The van der Waals surface area contributed by atoms with Crippen molar-refractivity contribution in [3.63, 3.8) is 0 Å². The van der Waals surface area contributed by atoms with E-state index in [4.69, 9.17) is 0 Å². The summed E-state index contributed by atoms with van der Waals surface area (Å²) >= 11 is 0. The van der Waals surface area contributed by atoms with Crippen LogP contribution in [0.25, 0.3) is 22.0 Å². The van der Waals surface area contributed by atoms with Crippen LogP contribution in [0.4, 0.5) is 24.5 Å². The third-order valence-electron chi connectivity index (χ3n) is 5.65. The average Bonchev–Trinajstić information content (AvgIpc) is 3.52. The number of aryl methyl sites for hydroxylation is 2. The van der Waals surface area contributed by atoms with E-state index in [-0.39, 0.29) is 32.9 Å². The number of aromatic nitrogens is 4. The Morgan fingerprint density at radius 3 is 2.53 bits per heavy atom. The molecule has 1 amide bonds. The first-order valence-corrected chi connectivity index (χ1v) is 12.4. The summed E-state index contributed by atoms with van der Waals surface area (Å²) in [7, 11) is -4.31. The van der Waals surface area contributed by atoms with Crippen LogP contribution in [-0.4, -0.2) is 34.7 Å². The smallest absolute Gasteiger partial charge is 0.276 e. The number of nitrogens with one attached hydrogen (secondary N) is 3. The maximum Gasteiger partial charge on any atom is 0.276 e. The summed E-state index contributed by atoms with van der Waals surface area (Å²) < 4.78 is 78.3. The number of nitrogens with zero attached hydrogens (tertiary/aromatic N) is 3. The van der Waals surface area contributed by atoms with Crippen LogP contribution in [0, 0.1) is 31.3 Å². The Morgan fingerprint density at radius 1 is 1.03 bits per heavy atom. The monoisotopic (exact) mass is 542 g/mol. The molecule has 10 nitrogen and oxygen atoms in total. The summed E-state index contributed by atoms with van der Waals surface area (Å²) in [5, 5.41) is 12.1. The third-order valence-corrected chi connectivity index (χ3v) is 7.15. The number of fused-ring (bicyclic) bond motifs is 1. The van der Waals surface area contributed by atoms with Crippen molar-refractivity contribution >= 4 is 38.2 Å². The van der Waals surface area contributed by atoms with E-state index in [0.29, 0.717) is 5.69 Å². The van der Waals surface area contributed by atoms with Crippen LogP contribution in [0.2, 0.25) is 0 Å². The average molecular weight is 542 g/mol. The number of aromatic amines is 1. The summed E-state index contributed by atoms with van der Waals surface area (Å²) in [4.78, 5) is 16.4. The normalized spacial score (nSPS) is 11.6. The molecular weight excluding hydrogens is 525 g/mol. The molecular formula is C24H17F3N6O4S. The summed E-state index contributed by atoms with van der Waals surface area (Å²) in [5.41, 5.74) is -1.40. The first-order chi connectivity index (χ1) is 18.1. The molecule has 194 valence electrons. The lowest BCUT2D eigenvalue weighted by atomic mass is 10.0. The number of amides is 1. The fourth-order valence-electron chi connectivity index (χ4n) is 3.91. The Hall–Kier alpha value is -4.72. The van der Waals surface area contributed by atoms with Gasteiger partial charge >= 0.3 is 0 Å². The van der Waals surface area contributed by atoms with Gasteiger partial charge in [0.2, 0.25) is 0 Å². The van der Waals surface area contributed by atoms with E-state index in [0.717, 1.165) is 18.2 Å². The standard InChI is InChI=1S/C24H17F3N6O4S/c1-11-3-8-18(12(2)29-11)38(35,36)33-17-7-6-16(25)19(21(17)27)14-4-5-15-22(20(14)26)31-32-23(15)24(34)30-13-9-28-37-10-13/h3-10,33H,1-2H3,(H,30,34)(H,31,32). The number of anilines is 2. The summed E-state index contributed by atoms with van der Waals surface area (Å²) in [6.45, 7) is 3.16. The predicted molar refractivity (Wildman–Crippen MR) is 130 cm³/mol. The molecule has 5 rings (SSSR count). The van der Waals surface area contributed by atoms with Gasteiger partial charge in [0.25, 0.3) is 15.9 Å². The maximum absolute atomic E-state index is 15.5. The van der Waals surface area contributed by atoms with Crippen molar-refractivity contribution in [2.45, 2.75) is 18.7 Å². The van der Waals surface area contributed by atoms with Gasteiger partial charge in [0, 0.05) is 16.6 Å². The first kappa shape index (κ1) is 25.0. The molecule has 0 unspecified atom stereocenters. The van der Waals surface area contributed by atoms with Crippen molar-refractivity contribution in [3.05, 3.63) is 83.4 Å². The number of pyridine rings is 1. The molecule has 0 aliphatic carbocycles. The fourth-order valence-corrected chi connectivity index (χ4v) is 5.15. The van der Waals surface area contributed by atoms with Crippen LogP contribution in [0.15, 0.2) is 58.3 Å². The molecule has 3 N–H and O–H groups in total. The molecule has 0 aliphatic heterocycles. The summed E-state index contributed by atoms with van der Waals surface area (Å²) in [6, 6.07) is 6.82. The zero-order valence-corrected chi connectivity index (χ0v) is 20.5. The first-order valence-electron chi connectivity index (χ1n) is 10.9. The number of halogens is 3. The van der Waals surface area contributed by atoms with E-state index in [1.54, 1.807) is 6.92 Å². The Bertz CT molecular complexity index is 1820. The van der Waals surface area contributed by atoms with Crippen LogP contribution in [0.5, 0.6) is 0 Å². The van der Waals surface area contributed by atoms with Crippen LogP contribution in [-0.2, 0) is 10.0 Å². The molecule has 0 radical (unpaired) electrons. The highest BCUT2D eigenvalue weighted by Crippen LogP contribution is 2.36. The van der Waals surface area contributed by atoms with Gasteiger partial charge in [0.1, 0.15) is 28.2 Å². The number of carbonyl (C=O) groups is 1. The molecule has 0 saturated heterocycles. The van der Waals surface area contributed by atoms with Crippen LogP contribution < -0.4 is 10.0 Å². The minimum Gasteiger partial charge on any atom is -0.363 e. The van der Waals surface area contributed by atoms with Gasteiger partial charge in [-0.25, -0.2) is 21.6 Å². The predicted octanol–water partition coefficient (Wildman–Crippen LogP) is 4.70. The topological polar surface area (TPSA) is 143 Å². The molecule has 5 aromatic rings. The van der Waals surface area contributed by atoms with Crippen molar-refractivity contribution in [2.24, 2.45) is 0 Å². The second-order valence-electron chi connectivity index (χ2n) is 8.21. The van der Waals surface area contributed by atoms with Crippen molar-refractivity contribution in [2.75, 3.05) is 10.0 Å². The number of hydrogen-bond acceptors (Lipinski definition) is 7. The highest BCUT2D eigenvalue weighted by atomic mass is 32.2. The van der Waals surface area contributed by atoms with Crippen molar-refractivity contribution < 1.29 is 30.9 Å². The lowest BCUT2D eigenvalue weighted by molar-refractivity contribution is 0.102. The number of carbonyl (C=O) groups excluding carboxylic acids is 1. The third kappa shape index (κ3) is 4.34. The fraction of sp³-hybridized carbons (Fsp3) is 0.0833. The van der Waals surface area contributed by atoms with Crippen molar-refractivity contribution in [1.29, 1.82) is 0 Å². The summed E-state index contributed by atoms with van der Waals surface area (Å²) in [6.07, 6.45) is 2.42.